The number of imidazole rings is 1. The van der Waals surface area contributed by atoms with Crippen molar-refractivity contribution in [1.29, 1.82) is 0 Å². The molecule has 0 fully saturated rings. The fourth-order valence-electron chi connectivity index (χ4n) is 3.88. The summed E-state index contributed by atoms with van der Waals surface area (Å²) < 4.78 is 22.8. The van der Waals surface area contributed by atoms with E-state index in [1.54, 1.807) is 25.6 Å². The second-order valence-corrected chi connectivity index (χ2v) is 7.62. The van der Waals surface area contributed by atoms with E-state index in [4.69, 9.17) is 9.72 Å². The number of hydrogen-bond donors (Lipinski definition) is 0. The molecular weight excluding hydrogens is 393 g/mol. The van der Waals surface area contributed by atoms with Gasteiger partial charge in [0.25, 0.3) is 0 Å². The Balaban J connectivity index is 1.50. The monoisotopic (exact) mass is 415 g/mol. The first kappa shape index (κ1) is 19.2. The van der Waals surface area contributed by atoms with Crippen LogP contribution in [0.15, 0.2) is 55.0 Å². The van der Waals surface area contributed by atoms with E-state index in [2.05, 4.69) is 22.2 Å². The largest absolute Gasteiger partial charge is 0.495 e. The van der Waals surface area contributed by atoms with Crippen LogP contribution in [0, 0.1) is 12.7 Å². The Bertz CT molecular complexity index is 1270. The summed E-state index contributed by atoms with van der Waals surface area (Å²) in [5.41, 5.74) is 4.86. The van der Waals surface area contributed by atoms with Gasteiger partial charge in [-0.3, -0.25) is 0 Å². The summed E-state index contributed by atoms with van der Waals surface area (Å²) in [7, 11) is 1.67. The van der Waals surface area contributed by atoms with Crippen molar-refractivity contribution in [2.75, 3.05) is 7.11 Å². The number of aryl methyl sites for hydroxylation is 2. The average Bonchev–Trinajstić information content (AvgIpc) is 3.41. The van der Waals surface area contributed by atoms with E-state index in [-0.39, 0.29) is 5.82 Å². The maximum atomic E-state index is 13.3. The number of nitrogens with zero attached hydrogens (tertiary/aromatic N) is 5. The van der Waals surface area contributed by atoms with E-state index in [0.29, 0.717) is 5.82 Å². The van der Waals surface area contributed by atoms with Crippen LogP contribution in [0.3, 0.4) is 0 Å². The first-order valence-corrected chi connectivity index (χ1v) is 10.2. The van der Waals surface area contributed by atoms with Gasteiger partial charge in [0, 0.05) is 18.3 Å². The molecule has 0 amide bonds. The van der Waals surface area contributed by atoms with Gasteiger partial charge in [0.1, 0.15) is 11.6 Å². The van der Waals surface area contributed by atoms with Crippen LogP contribution in [0.2, 0.25) is 0 Å². The molecule has 0 atom stereocenters. The van der Waals surface area contributed by atoms with Gasteiger partial charge in [-0.2, -0.15) is 5.10 Å². The van der Waals surface area contributed by atoms with Gasteiger partial charge in [0.05, 0.1) is 24.8 Å². The van der Waals surface area contributed by atoms with Crippen molar-refractivity contribution in [2.24, 2.45) is 0 Å². The number of ether oxygens (including phenoxy) is 1. The Labute approximate surface area is 179 Å². The molecule has 0 saturated carbocycles. The van der Waals surface area contributed by atoms with Crippen molar-refractivity contribution >= 4 is 11.6 Å². The first-order chi connectivity index (χ1) is 15.1. The van der Waals surface area contributed by atoms with Gasteiger partial charge in [0.15, 0.2) is 11.6 Å². The molecule has 0 N–H and O–H groups in total. The first-order valence-electron chi connectivity index (χ1n) is 10.2. The lowest BCUT2D eigenvalue weighted by atomic mass is 10.0. The lowest BCUT2D eigenvalue weighted by Crippen LogP contribution is -2.11. The summed E-state index contributed by atoms with van der Waals surface area (Å²) in [6.45, 7) is 2.78. The van der Waals surface area contributed by atoms with Crippen molar-refractivity contribution in [2.45, 2.75) is 26.3 Å². The summed E-state index contributed by atoms with van der Waals surface area (Å²) in [4.78, 5) is 9.05. The van der Waals surface area contributed by atoms with Gasteiger partial charge in [-0.25, -0.2) is 19.0 Å². The third-order valence-corrected chi connectivity index (χ3v) is 5.41. The highest BCUT2D eigenvalue weighted by atomic mass is 19.1. The van der Waals surface area contributed by atoms with Crippen molar-refractivity contribution < 1.29 is 9.13 Å². The van der Waals surface area contributed by atoms with E-state index in [9.17, 15) is 4.39 Å². The van der Waals surface area contributed by atoms with Crippen LogP contribution in [0.25, 0.3) is 28.7 Å². The van der Waals surface area contributed by atoms with Crippen molar-refractivity contribution in [1.82, 2.24) is 24.3 Å². The molecule has 0 saturated heterocycles. The molecule has 0 unspecified atom stereocenters. The van der Waals surface area contributed by atoms with Crippen LogP contribution in [0.4, 0.5) is 4.39 Å². The van der Waals surface area contributed by atoms with Gasteiger partial charge >= 0.3 is 0 Å². The minimum atomic E-state index is -0.267. The third kappa shape index (κ3) is 3.74. The van der Waals surface area contributed by atoms with E-state index in [1.807, 2.05) is 34.5 Å². The fourth-order valence-corrected chi connectivity index (χ4v) is 3.88. The number of fused-ring (bicyclic) bond motifs is 1. The molecule has 1 aliphatic heterocycles. The van der Waals surface area contributed by atoms with Crippen LogP contribution in [0.1, 0.15) is 29.9 Å². The number of methoxy groups -OCH3 is 1. The second-order valence-electron chi connectivity index (χ2n) is 7.62. The van der Waals surface area contributed by atoms with E-state index in [1.165, 1.54) is 12.1 Å². The van der Waals surface area contributed by atoms with Crippen LogP contribution < -0.4 is 4.74 Å². The Morgan fingerprint density at radius 2 is 1.97 bits per heavy atom. The smallest absolute Gasteiger partial charge is 0.181 e. The summed E-state index contributed by atoms with van der Waals surface area (Å²) in [6.07, 6.45) is 7.81. The minimum Gasteiger partial charge on any atom is -0.495 e. The van der Waals surface area contributed by atoms with Crippen LogP contribution in [-0.4, -0.2) is 31.4 Å². The zero-order chi connectivity index (χ0) is 21.4. The molecule has 0 radical (unpaired) electrons. The number of allylic oxidation sites excluding steroid dienone is 1. The standard InChI is InChI=1S/C24H22FN5O/c1-16-14-29(15-26-16)21-10-5-17(13-22(21)31-2)12-19-4-3-11-30-24(19)27-23(28-30)18-6-8-20(25)9-7-18/h5-10,12-15H,3-4,11H2,1-2H3. The van der Waals surface area contributed by atoms with Crippen LogP contribution >= 0.6 is 0 Å². The average molecular weight is 415 g/mol. The van der Waals surface area contributed by atoms with E-state index < -0.39 is 0 Å². The minimum absolute atomic E-state index is 0.267. The number of benzene rings is 2. The normalized spacial score (nSPS) is 14.6. The zero-order valence-electron chi connectivity index (χ0n) is 17.4. The lowest BCUT2D eigenvalue weighted by molar-refractivity contribution is 0.413. The van der Waals surface area contributed by atoms with Gasteiger partial charge in [-0.05, 0) is 73.4 Å². The van der Waals surface area contributed by atoms with E-state index in [0.717, 1.165) is 59.0 Å². The number of aromatic nitrogens is 5. The molecule has 7 heteroatoms. The van der Waals surface area contributed by atoms with Crippen molar-refractivity contribution in [3.63, 3.8) is 0 Å². The summed E-state index contributed by atoms with van der Waals surface area (Å²) in [5.74, 6) is 1.98. The highest BCUT2D eigenvalue weighted by Gasteiger charge is 2.20. The number of hydrogen-bond acceptors (Lipinski definition) is 4. The molecule has 31 heavy (non-hydrogen) atoms. The maximum absolute atomic E-state index is 13.3. The topological polar surface area (TPSA) is 57.8 Å². The molecule has 0 bridgehead atoms. The maximum Gasteiger partial charge on any atom is 0.181 e. The highest BCUT2D eigenvalue weighted by molar-refractivity contribution is 5.80. The molecule has 0 spiro atoms. The molecular formula is C24H22FN5O. The Hall–Kier alpha value is -3.74. The summed E-state index contributed by atoms with van der Waals surface area (Å²) in [6, 6.07) is 12.4. The van der Waals surface area contributed by atoms with Gasteiger partial charge in [-0.15, -0.1) is 0 Å². The van der Waals surface area contributed by atoms with Crippen LogP contribution in [0.5, 0.6) is 5.75 Å². The van der Waals surface area contributed by atoms with E-state index >= 15 is 0 Å². The molecule has 2 aromatic heterocycles. The highest BCUT2D eigenvalue weighted by Crippen LogP contribution is 2.31. The zero-order valence-corrected chi connectivity index (χ0v) is 17.4. The quantitative estimate of drug-likeness (QED) is 0.475. The molecule has 156 valence electrons. The van der Waals surface area contributed by atoms with Gasteiger partial charge in [-0.1, -0.05) is 6.07 Å². The predicted octanol–water partition coefficient (Wildman–Crippen LogP) is 4.92. The molecule has 5 rings (SSSR count). The second kappa shape index (κ2) is 7.83. The molecule has 1 aliphatic rings. The number of rotatable bonds is 4. The predicted molar refractivity (Wildman–Crippen MR) is 117 cm³/mol. The molecule has 6 nitrogen and oxygen atoms in total. The third-order valence-electron chi connectivity index (χ3n) is 5.41. The number of halogens is 1. The molecule has 2 aromatic carbocycles. The molecule has 0 aliphatic carbocycles. The van der Waals surface area contributed by atoms with Crippen molar-refractivity contribution in [3.05, 3.63) is 77.9 Å². The van der Waals surface area contributed by atoms with Crippen LogP contribution in [-0.2, 0) is 6.54 Å². The fraction of sp³-hybridized carbons (Fsp3) is 0.208. The lowest BCUT2D eigenvalue weighted by Gasteiger charge is -2.15. The Kier molecular flexibility index (Phi) is 4.86. The van der Waals surface area contributed by atoms with Gasteiger partial charge < -0.3 is 9.30 Å². The summed E-state index contributed by atoms with van der Waals surface area (Å²) >= 11 is 0. The van der Waals surface area contributed by atoms with Crippen molar-refractivity contribution in [3.8, 4) is 22.8 Å². The summed E-state index contributed by atoms with van der Waals surface area (Å²) in [5, 5.41) is 4.64. The molecule has 3 heterocycles. The Morgan fingerprint density at radius 1 is 1.13 bits per heavy atom. The molecule has 4 aromatic rings. The van der Waals surface area contributed by atoms with Gasteiger partial charge in [0.2, 0.25) is 0 Å². The SMILES string of the molecule is COc1cc(C=C2CCCn3nc(-c4ccc(F)cc4)nc32)ccc1-n1cnc(C)c1. The Morgan fingerprint density at radius 3 is 2.71 bits per heavy atom.